The molecule has 2 heterocycles. The Hall–Kier alpha value is -1.96. The van der Waals surface area contributed by atoms with E-state index in [2.05, 4.69) is 11.4 Å². The van der Waals surface area contributed by atoms with Crippen molar-refractivity contribution in [3.05, 3.63) is 16.8 Å². The summed E-state index contributed by atoms with van der Waals surface area (Å²) >= 11 is 0. The van der Waals surface area contributed by atoms with Crippen LogP contribution in [0.5, 0.6) is 0 Å². The third kappa shape index (κ3) is 1.34. The molecule has 0 radical (unpaired) electrons. The Labute approximate surface area is 93.8 Å². The maximum Gasteiger partial charge on any atom is 0.222 e. The van der Waals surface area contributed by atoms with Crippen LogP contribution in [0.4, 0.5) is 5.82 Å². The fourth-order valence-electron chi connectivity index (χ4n) is 2.24. The molecule has 1 aliphatic rings. The van der Waals surface area contributed by atoms with Gasteiger partial charge in [-0.15, -0.1) is 0 Å². The van der Waals surface area contributed by atoms with E-state index < -0.39 is 0 Å². The lowest BCUT2D eigenvalue weighted by Gasteiger charge is -2.14. The third-order valence-corrected chi connectivity index (χ3v) is 3.23. The number of amides is 1. The SMILES string of the molecule is Cc1c(C#N)c(N)n(C2CNC(=O)C2)c1C. The molecule has 0 saturated carbocycles. The number of hydrogen-bond donors (Lipinski definition) is 2. The Bertz CT molecular complexity index is 495. The molecule has 1 aromatic rings. The predicted octanol–water partition coefficient (Wildman–Crippen LogP) is 0.620. The number of hydrogen-bond acceptors (Lipinski definition) is 3. The first-order chi connectivity index (χ1) is 7.56. The molecule has 1 unspecified atom stereocenters. The van der Waals surface area contributed by atoms with Gasteiger partial charge in [0.2, 0.25) is 5.91 Å². The number of rotatable bonds is 1. The van der Waals surface area contributed by atoms with Crippen molar-refractivity contribution in [1.82, 2.24) is 9.88 Å². The quantitative estimate of drug-likeness (QED) is 0.724. The molecule has 1 saturated heterocycles. The Kier molecular flexibility index (Phi) is 2.35. The second-order valence-corrected chi connectivity index (χ2v) is 4.11. The first kappa shape index (κ1) is 10.6. The Balaban J connectivity index is 2.50. The summed E-state index contributed by atoms with van der Waals surface area (Å²) in [5, 5.41) is 11.8. The standard InChI is InChI=1S/C11H14N4O/c1-6-7(2)15(11(13)9(6)4-12)8-3-10(16)14-5-8/h8H,3,5,13H2,1-2H3,(H,14,16). The van der Waals surface area contributed by atoms with Crippen molar-refractivity contribution in [3.63, 3.8) is 0 Å². The summed E-state index contributed by atoms with van der Waals surface area (Å²) in [7, 11) is 0. The van der Waals surface area contributed by atoms with Crippen molar-refractivity contribution in [2.75, 3.05) is 12.3 Å². The lowest BCUT2D eigenvalue weighted by molar-refractivity contribution is -0.119. The largest absolute Gasteiger partial charge is 0.384 e. The maximum absolute atomic E-state index is 11.2. The minimum absolute atomic E-state index is 0.0355. The molecular formula is C11H14N4O. The monoisotopic (exact) mass is 218 g/mol. The second kappa shape index (κ2) is 3.56. The van der Waals surface area contributed by atoms with E-state index in [1.54, 1.807) is 0 Å². The minimum Gasteiger partial charge on any atom is -0.384 e. The highest BCUT2D eigenvalue weighted by molar-refractivity contribution is 5.79. The molecule has 84 valence electrons. The average Bonchev–Trinajstić information content (AvgIpc) is 2.73. The first-order valence-corrected chi connectivity index (χ1v) is 5.20. The molecule has 3 N–H and O–H groups in total. The summed E-state index contributed by atoms with van der Waals surface area (Å²) in [6.45, 7) is 4.39. The number of nitrogens with one attached hydrogen (secondary N) is 1. The molecule has 5 nitrogen and oxygen atoms in total. The summed E-state index contributed by atoms with van der Waals surface area (Å²) < 4.78 is 1.89. The van der Waals surface area contributed by atoms with Gasteiger partial charge in [0.1, 0.15) is 11.9 Å². The summed E-state index contributed by atoms with van der Waals surface area (Å²) in [6.07, 6.45) is 0.435. The average molecular weight is 218 g/mol. The Morgan fingerprint density at radius 3 is 2.69 bits per heavy atom. The van der Waals surface area contributed by atoms with Crippen LogP contribution in [-0.4, -0.2) is 17.0 Å². The Morgan fingerprint density at radius 2 is 2.25 bits per heavy atom. The summed E-state index contributed by atoms with van der Waals surface area (Å²) in [5.41, 5.74) is 8.34. The second-order valence-electron chi connectivity index (χ2n) is 4.11. The van der Waals surface area contributed by atoms with Crippen molar-refractivity contribution in [3.8, 4) is 6.07 Å². The zero-order chi connectivity index (χ0) is 11.9. The van der Waals surface area contributed by atoms with Crippen LogP contribution in [0, 0.1) is 25.2 Å². The van der Waals surface area contributed by atoms with E-state index in [0.717, 1.165) is 11.3 Å². The normalized spacial score (nSPS) is 19.6. The van der Waals surface area contributed by atoms with E-state index in [9.17, 15) is 4.79 Å². The molecule has 1 amide bonds. The smallest absolute Gasteiger partial charge is 0.222 e. The molecule has 1 aliphatic heterocycles. The van der Waals surface area contributed by atoms with E-state index in [1.807, 2.05) is 18.4 Å². The van der Waals surface area contributed by atoms with Crippen LogP contribution in [0.2, 0.25) is 0 Å². The highest BCUT2D eigenvalue weighted by Crippen LogP contribution is 2.30. The third-order valence-electron chi connectivity index (χ3n) is 3.23. The maximum atomic E-state index is 11.2. The van der Waals surface area contributed by atoms with E-state index >= 15 is 0 Å². The molecule has 1 aromatic heterocycles. The van der Waals surface area contributed by atoms with Gasteiger partial charge in [0.25, 0.3) is 0 Å². The number of nitriles is 1. The van der Waals surface area contributed by atoms with Crippen molar-refractivity contribution in [2.24, 2.45) is 0 Å². The van der Waals surface area contributed by atoms with Crippen molar-refractivity contribution in [2.45, 2.75) is 26.3 Å². The molecular weight excluding hydrogens is 204 g/mol. The van der Waals surface area contributed by atoms with Gasteiger partial charge in [-0.3, -0.25) is 4.79 Å². The van der Waals surface area contributed by atoms with E-state index in [0.29, 0.717) is 24.3 Å². The van der Waals surface area contributed by atoms with Crippen LogP contribution in [0.3, 0.4) is 0 Å². The van der Waals surface area contributed by atoms with Crippen molar-refractivity contribution < 1.29 is 4.79 Å². The van der Waals surface area contributed by atoms with E-state index in [4.69, 9.17) is 11.0 Å². The summed E-state index contributed by atoms with van der Waals surface area (Å²) in [5.74, 6) is 0.507. The van der Waals surface area contributed by atoms with E-state index in [-0.39, 0.29) is 11.9 Å². The van der Waals surface area contributed by atoms with Crippen molar-refractivity contribution in [1.29, 1.82) is 5.26 Å². The van der Waals surface area contributed by atoms with Gasteiger partial charge in [-0.05, 0) is 19.4 Å². The predicted molar refractivity (Wildman–Crippen MR) is 59.7 cm³/mol. The number of nitrogens with two attached hydrogens (primary N) is 1. The number of nitrogen functional groups attached to an aromatic ring is 1. The Morgan fingerprint density at radius 1 is 1.56 bits per heavy atom. The van der Waals surface area contributed by atoms with E-state index in [1.165, 1.54) is 0 Å². The molecule has 0 aromatic carbocycles. The van der Waals surface area contributed by atoms with Gasteiger partial charge >= 0.3 is 0 Å². The molecule has 1 atom stereocenters. The fraction of sp³-hybridized carbons (Fsp3) is 0.455. The van der Waals surface area contributed by atoms with Crippen LogP contribution in [0.25, 0.3) is 0 Å². The molecule has 1 fully saturated rings. The molecule has 5 heteroatoms. The highest BCUT2D eigenvalue weighted by Gasteiger charge is 2.27. The molecule has 16 heavy (non-hydrogen) atoms. The lowest BCUT2D eigenvalue weighted by Crippen LogP contribution is -2.17. The highest BCUT2D eigenvalue weighted by atomic mass is 16.1. The van der Waals surface area contributed by atoms with Gasteiger partial charge in [-0.25, -0.2) is 0 Å². The van der Waals surface area contributed by atoms with Crippen LogP contribution < -0.4 is 11.1 Å². The molecule has 0 spiro atoms. The van der Waals surface area contributed by atoms with Crippen LogP contribution >= 0.6 is 0 Å². The number of carbonyl (C=O) groups excluding carboxylic acids is 1. The van der Waals surface area contributed by atoms with Gasteiger partial charge < -0.3 is 15.6 Å². The zero-order valence-electron chi connectivity index (χ0n) is 9.37. The topological polar surface area (TPSA) is 83.8 Å². The van der Waals surface area contributed by atoms with Crippen LogP contribution in [-0.2, 0) is 4.79 Å². The summed E-state index contributed by atoms with van der Waals surface area (Å²) in [6, 6.07) is 2.14. The van der Waals surface area contributed by atoms with Gasteiger partial charge in [0.15, 0.2) is 0 Å². The molecule has 2 rings (SSSR count). The number of aromatic nitrogens is 1. The number of carbonyl (C=O) groups is 1. The first-order valence-electron chi connectivity index (χ1n) is 5.20. The van der Waals surface area contributed by atoms with Gasteiger partial charge in [0, 0.05) is 18.7 Å². The summed E-state index contributed by atoms with van der Waals surface area (Å²) in [4.78, 5) is 11.2. The van der Waals surface area contributed by atoms with Crippen molar-refractivity contribution >= 4 is 11.7 Å². The number of anilines is 1. The van der Waals surface area contributed by atoms with Crippen LogP contribution in [0.15, 0.2) is 0 Å². The van der Waals surface area contributed by atoms with Gasteiger partial charge in [-0.2, -0.15) is 5.26 Å². The van der Waals surface area contributed by atoms with Gasteiger partial charge in [-0.1, -0.05) is 0 Å². The lowest BCUT2D eigenvalue weighted by atomic mass is 10.2. The minimum atomic E-state index is 0.0355. The van der Waals surface area contributed by atoms with Crippen LogP contribution in [0.1, 0.15) is 29.3 Å². The number of nitrogens with zero attached hydrogens (tertiary/aromatic N) is 2. The zero-order valence-corrected chi connectivity index (χ0v) is 9.37. The van der Waals surface area contributed by atoms with Gasteiger partial charge in [0.05, 0.1) is 11.6 Å². The fourth-order valence-corrected chi connectivity index (χ4v) is 2.24. The molecule has 0 aliphatic carbocycles. The molecule has 0 bridgehead atoms.